The molecule has 0 amide bonds. The third-order valence-corrected chi connectivity index (χ3v) is 11.1. The Morgan fingerprint density at radius 2 is 1.08 bits per heavy atom. The molecule has 0 radical (unpaired) electrons. The van der Waals surface area contributed by atoms with E-state index in [0.29, 0.717) is 43.7 Å². The number of carbonyl (C=O) groups is 2. The van der Waals surface area contributed by atoms with Crippen LogP contribution in [0.25, 0.3) is 0 Å². The van der Waals surface area contributed by atoms with Crippen LogP contribution in [-0.2, 0) is 48.8 Å². The topological polar surface area (TPSA) is 107 Å². The molecule has 1 fully saturated rings. The maximum Gasteiger partial charge on any atom is 0.307 e. The number of ether oxygens (including phenoxy) is 1. The molecule has 52 heavy (non-hydrogen) atoms. The number of aryl methyl sites for hydroxylation is 1. The maximum atomic E-state index is 13.0. The molecule has 1 saturated heterocycles. The van der Waals surface area contributed by atoms with E-state index in [1.54, 1.807) is 0 Å². The van der Waals surface area contributed by atoms with Crippen molar-refractivity contribution >= 4 is 11.9 Å². The third kappa shape index (κ3) is 10.3. The van der Waals surface area contributed by atoms with Crippen LogP contribution >= 0.6 is 0 Å². The Labute approximate surface area is 315 Å². The zero-order valence-electron chi connectivity index (χ0n) is 35.4. The van der Waals surface area contributed by atoms with Crippen LogP contribution in [0, 0.1) is 11.8 Å². The number of piperidine rings is 1. The summed E-state index contributed by atoms with van der Waals surface area (Å²) in [6.07, 6.45) is 2.57. The summed E-state index contributed by atoms with van der Waals surface area (Å²) in [6.45, 7) is 34.4. The van der Waals surface area contributed by atoms with Crippen molar-refractivity contribution in [3.63, 3.8) is 0 Å². The summed E-state index contributed by atoms with van der Waals surface area (Å²) in [7, 11) is 0. The molecule has 0 aromatic heterocycles. The predicted molar refractivity (Wildman–Crippen MR) is 213 cm³/mol. The molecule has 3 rings (SSSR count). The van der Waals surface area contributed by atoms with Crippen molar-refractivity contribution in [2.45, 2.75) is 176 Å². The van der Waals surface area contributed by atoms with Crippen LogP contribution in [0.4, 0.5) is 0 Å². The van der Waals surface area contributed by atoms with Gasteiger partial charge >= 0.3 is 11.9 Å². The maximum absolute atomic E-state index is 13.0. The number of aromatic hydroxyl groups is 2. The number of benzene rings is 2. The number of likely N-dealkylation sites (tertiary alicyclic amines) is 1. The molecule has 0 saturated carbocycles. The van der Waals surface area contributed by atoms with Crippen molar-refractivity contribution in [2.24, 2.45) is 11.8 Å². The standard InChI is InChI=1S/C45H71NO6/c1-40(2,3)32-22-28(23-33(37(32)48)41(4,5)6)17-18-36(47)52-20-19-46-44(13,14)26-30(27-45(46,15)16)31(39(50)51)21-29-24-34(42(7,8)9)38(49)35(25-29)43(10,11)12/h22-25,30-31,48-49H,17-21,26-27H2,1-16H3,(H,50,51). The fraction of sp³-hybridized carbons (Fsp3) is 0.689. The molecule has 0 spiro atoms. The molecule has 1 heterocycles. The fourth-order valence-corrected chi connectivity index (χ4v) is 8.50. The summed E-state index contributed by atoms with van der Waals surface area (Å²) >= 11 is 0. The van der Waals surface area contributed by atoms with Crippen LogP contribution in [0.2, 0.25) is 0 Å². The molecule has 1 aliphatic rings. The van der Waals surface area contributed by atoms with Crippen molar-refractivity contribution in [1.82, 2.24) is 4.90 Å². The molecule has 1 atom stereocenters. The second-order valence-electron chi connectivity index (χ2n) is 20.9. The van der Waals surface area contributed by atoms with Crippen molar-refractivity contribution in [2.75, 3.05) is 13.2 Å². The van der Waals surface area contributed by atoms with Crippen LogP contribution in [0.15, 0.2) is 24.3 Å². The van der Waals surface area contributed by atoms with Gasteiger partial charge in [0.1, 0.15) is 18.1 Å². The van der Waals surface area contributed by atoms with Gasteiger partial charge in [-0.3, -0.25) is 14.5 Å². The van der Waals surface area contributed by atoms with Gasteiger partial charge in [0.05, 0.1) is 5.92 Å². The van der Waals surface area contributed by atoms with Crippen molar-refractivity contribution in [1.29, 1.82) is 0 Å². The lowest BCUT2D eigenvalue weighted by atomic mass is 9.67. The number of aliphatic carboxylic acids is 1. The summed E-state index contributed by atoms with van der Waals surface area (Å²) in [6, 6.07) is 8.06. The summed E-state index contributed by atoms with van der Waals surface area (Å²) in [5, 5.41) is 33.0. The first-order valence-electron chi connectivity index (χ1n) is 19.3. The smallest absolute Gasteiger partial charge is 0.307 e. The van der Waals surface area contributed by atoms with Gasteiger partial charge in [-0.15, -0.1) is 0 Å². The highest BCUT2D eigenvalue weighted by molar-refractivity contribution is 5.71. The van der Waals surface area contributed by atoms with Crippen LogP contribution in [-0.4, -0.2) is 56.4 Å². The molecule has 2 aromatic carbocycles. The van der Waals surface area contributed by atoms with Gasteiger partial charge in [0, 0.05) is 24.0 Å². The zero-order valence-corrected chi connectivity index (χ0v) is 35.4. The van der Waals surface area contributed by atoms with Crippen LogP contribution in [0.3, 0.4) is 0 Å². The summed E-state index contributed by atoms with van der Waals surface area (Å²) < 4.78 is 5.81. The number of carboxylic acids is 1. The number of hydrogen-bond donors (Lipinski definition) is 3. The van der Waals surface area contributed by atoms with Crippen LogP contribution in [0.1, 0.15) is 163 Å². The monoisotopic (exact) mass is 722 g/mol. The molecule has 292 valence electrons. The third-order valence-electron chi connectivity index (χ3n) is 11.1. The number of esters is 1. The van der Waals surface area contributed by atoms with Crippen LogP contribution in [0.5, 0.6) is 11.5 Å². The van der Waals surface area contributed by atoms with E-state index in [1.807, 2.05) is 24.3 Å². The van der Waals surface area contributed by atoms with E-state index in [9.17, 15) is 24.9 Å². The Morgan fingerprint density at radius 3 is 1.42 bits per heavy atom. The lowest BCUT2D eigenvalue weighted by Gasteiger charge is -2.56. The van der Waals surface area contributed by atoms with Gasteiger partial charge in [0.2, 0.25) is 0 Å². The van der Waals surface area contributed by atoms with Gasteiger partial charge in [-0.1, -0.05) is 107 Å². The van der Waals surface area contributed by atoms with E-state index in [-0.39, 0.29) is 57.7 Å². The Morgan fingerprint density at radius 1 is 0.712 bits per heavy atom. The highest BCUT2D eigenvalue weighted by Gasteiger charge is 2.48. The molecular weight excluding hydrogens is 650 g/mol. The van der Waals surface area contributed by atoms with Gasteiger partial charge < -0.3 is 20.1 Å². The minimum Gasteiger partial charge on any atom is -0.507 e. The Kier molecular flexibility index (Phi) is 12.5. The van der Waals surface area contributed by atoms with E-state index in [1.165, 1.54) is 0 Å². The van der Waals surface area contributed by atoms with E-state index in [2.05, 4.69) is 116 Å². The van der Waals surface area contributed by atoms with E-state index in [0.717, 1.165) is 33.4 Å². The summed E-state index contributed by atoms with van der Waals surface area (Å²) in [4.78, 5) is 28.4. The zero-order chi connectivity index (χ0) is 40.0. The lowest BCUT2D eigenvalue weighted by molar-refractivity contribution is -0.151. The number of hydrogen-bond acceptors (Lipinski definition) is 6. The molecule has 7 nitrogen and oxygen atoms in total. The Hall–Kier alpha value is -3.06. The van der Waals surface area contributed by atoms with Gasteiger partial charge in [-0.25, -0.2) is 0 Å². The number of carbonyl (C=O) groups excluding carboxylic acids is 1. The second-order valence-corrected chi connectivity index (χ2v) is 20.9. The van der Waals surface area contributed by atoms with E-state index < -0.39 is 11.9 Å². The second kappa shape index (κ2) is 15.0. The van der Waals surface area contributed by atoms with Crippen molar-refractivity contribution in [3.8, 4) is 11.5 Å². The quantitative estimate of drug-likeness (QED) is 0.210. The first-order valence-corrected chi connectivity index (χ1v) is 19.3. The largest absolute Gasteiger partial charge is 0.507 e. The number of phenolic OH excluding ortho intramolecular Hbond substituents is 2. The molecule has 0 aliphatic carbocycles. The average Bonchev–Trinajstić information content (AvgIpc) is 2.94. The van der Waals surface area contributed by atoms with E-state index >= 15 is 0 Å². The van der Waals surface area contributed by atoms with Gasteiger partial charge in [0.15, 0.2) is 0 Å². The molecule has 7 heteroatoms. The highest BCUT2D eigenvalue weighted by Crippen LogP contribution is 2.46. The lowest BCUT2D eigenvalue weighted by Crippen LogP contribution is -2.62. The highest BCUT2D eigenvalue weighted by atomic mass is 16.5. The number of phenols is 2. The Bertz CT molecular complexity index is 1520. The fourth-order valence-electron chi connectivity index (χ4n) is 8.50. The van der Waals surface area contributed by atoms with E-state index in [4.69, 9.17) is 4.74 Å². The summed E-state index contributed by atoms with van der Waals surface area (Å²) in [5.74, 6) is -1.05. The van der Waals surface area contributed by atoms with Crippen molar-refractivity contribution in [3.05, 3.63) is 57.6 Å². The molecule has 1 aliphatic heterocycles. The number of carboxylic acid groups (broad SMARTS) is 1. The minimum absolute atomic E-state index is 0.0624. The van der Waals surface area contributed by atoms with Crippen LogP contribution < -0.4 is 0 Å². The normalized spacial score (nSPS) is 17.9. The molecule has 1 unspecified atom stereocenters. The molecule has 2 aromatic rings. The Balaban J connectivity index is 1.73. The molecule has 3 N–H and O–H groups in total. The SMILES string of the molecule is CC(C)(C)c1cc(CCC(=O)OCCN2C(C)(C)CC(C(Cc3cc(C(C)(C)C)c(O)c(C(C)(C)C)c3)C(=O)O)CC2(C)C)cc(C(C)(C)C)c1O. The predicted octanol–water partition coefficient (Wildman–Crippen LogP) is 9.98. The molecular formula is C45H71NO6. The number of nitrogens with zero attached hydrogens (tertiary/aromatic N) is 1. The van der Waals surface area contributed by atoms with Gasteiger partial charge in [-0.2, -0.15) is 0 Å². The summed E-state index contributed by atoms with van der Waals surface area (Å²) in [5.41, 5.74) is 3.68. The minimum atomic E-state index is -0.792. The van der Waals surface area contributed by atoms with Crippen molar-refractivity contribution < 1.29 is 29.6 Å². The van der Waals surface area contributed by atoms with Gasteiger partial charge in [-0.05, 0) is 114 Å². The number of rotatable bonds is 10. The first kappa shape index (κ1) is 43.3. The average molecular weight is 722 g/mol. The first-order chi connectivity index (χ1) is 23.4. The molecule has 0 bridgehead atoms. The van der Waals surface area contributed by atoms with Gasteiger partial charge in [0.25, 0.3) is 0 Å².